The highest BCUT2D eigenvalue weighted by Gasteiger charge is 2.11. The summed E-state index contributed by atoms with van der Waals surface area (Å²) in [5, 5.41) is 8.81. The molecule has 0 saturated carbocycles. The van der Waals surface area contributed by atoms with Gasteiger partial charge in [-0.1, -0.05) is 18.2 Å². The van der Waals surface area contributed by atoms with Gasteiger partial charge in [0.2, 0.25) is 0 Å². The maximum absolute atomic E-state index is 12.1. The Hall–Kier alpha value is -3.88. The van der Waals surface area contributed by atoms with Gasteiger partial charge in [-0.05, 0) is 31.2 Å². The summed E-state index contributed by atoms with van der Waals surface area (Å²) in [7, 11) is 1.54. The Morgan fingerprint density at radius 3 is 2.62 bits per heavy atom. The van der Waals surface area contributed by atoms with E-state index >= 15 is 0 Å². The van der Waals surface area contributed by atoms with Crippen molar-refractivity contribution in [3.8, 4) is 11.5 Å². The molecule has 152 valence electrons. The van der Waals surface area contributed by atoms with E-state index in [2.05, 4.69) is 21.2 Å². The molecule has 0 atom stereocenters. The molecule has 0 radical (unpaired) electrons. The zero-order chi connectivity index (χ0) is 21.1. The summed E-state index contributed by atoms with van der Waals surface area (Å²) in [5.74, 6) is -0.985. The minimum Gasteiger partial charge on any atom is -0.497 e. The van der Waals surface area contributed by atoms with E-state index in [0.29, 0.717) is 29.3 Å². The lowest BCUT2D eigenvalue weighted by molar-refractivity contribution is -0.139. The smallest absolute Gasteiger partial charge is 0.329 e. The van der Waals surface area contributed by atoms with Crippen LogP contribution in [0.15, 0.2) is 53.6 Å². The maximum atomic E-state index is 12.1. The monoisotopic (exact) mass is 398 g/mol. The van der Waals surface area contributed by atoms with Crippen molar-refractivity contribution in [2.45, 2.75) is 6.92 Å². The second kappa shape index (κ2) is 11.1. The highest BCUT2D eigenvalue weighted by molar-refractivity contribution is 6.35. The molecule has 0 unspecified atom stereocenters. The molecular formula is C20H22N4O5. The molecule has 0 aliphatic carbocycles. The number of carbonyl (C=O) groups excluding carboxylic acids is 3. The Morgan fingerprint density at radius 2 is 1.86 bits per heavy atom. The lowest BCUT2D eigenvalue weighted by Crippen LogP contribution is -2.37. The molecule has 0 fully saturated rings. The summed E-state index contributed by atoms with van der Waals surface area (Å²) in [6.45, 7) is 1.81. The van der Waals surface area contributed by atoms with Crippen LogP contribution in [0, 0.1) is 0 Å². The highest BCUT2D eigenvalue weighted by Crippen LogP contribution is 2.18. The van der Waals surface area contributed by atoms with Gasteiger partial charge in [-0.3, -0.25) is 14.4 Å². The number of benzene rings is 2. The normalized spacial score (nSPS) is 10.3. The first-order chi connectivity index (χ1) is 14.0. The molecule has 0 heterocycles. The first-order valence-electron chi connectivity index (χ1n) is 8.80. The third-order valence-corrected chi connectivity index (χ3v) is 3.54. The first kappa shape index (κ1) is 21.4. The van der Waals surface area contributed by atoms with Gasteiger partial charge in [-0.25, -0.2) is 5.43 Å². The van der Waals surface area contributed by atoms with Gasteiger partial charge in [-0.15, -0.1) is 0 Å². The summed E-state index contributed by atoms with van der Waals surface area (Å²) in [6.07, 6.45) is 1.33. The van der Waals surface area contributed by atoms with Crippen molar-refractivity contribution in [2.75, 3.05) is 25.6 Å². The van der Waals surface area contributed by atoms with Gasteiger partial charge in [-0.2, -0.15) is 5.10 Å². The van der Waals surface area contributed by atoms with Crippen LogP contribution in [0.5, 0.6) is 11.5 Å². The number of hydrogen-bond acceptors (Lipinski definition) is 6. The number of rotatable bonds is 8. The van der Waals surface area contributed by atoms with Crippen LogP contribution in [0.25, 0.3) is 0 Å². The van der Waals surface area contributed by atoms with Crippen molar-refractivity contribution in [1.29, 1.82) is 0 Å². The number of nitrogens with zero attached hydrogens (tertiary/aromatic N) is 1. The molecule has 0 bridgehead atoms. The number of likely N-dealkylation sites (N-methyl/N-ethyl adjacent to an activating group) is 1. The van der Waals surface area contributed by atoms with Gasteiger partial charge < -0.3 is 20.1 Å². The van der Waals surface area contributed by atoms with Crippen LogP contribution in [0.3, 0.4) is 0 Å². The molecule has 0 aliphatic heterocycles. The number of ether oxygens (including phenoxy) is 2. The number of carbonyl (C=O) groups is 3. The first-order valence-corrected chi connectivity index (χ1v) is 8.80. The zero-order valence-electron chi connectivity index (χ0n) is 16.1. The second-order valence-electron chi connectivity index (χ2n) is 5.67. The van der Waals surface area contributed by atoms with Gasteiger partial charge >= 0.3 is 11.8 Å². The fraction of sp³-hybridized carbons (Fsp3) is 0.200. The van der Waals surface area contributed by atoms with E-state index in [-0.39, 0.29) is 12.5 Å². The summed E-state index contributed by atoms with van der Waals surface area (Å²) in [6, 6.07) is 13.8. The van der Waals surface area contributed by atoms with Crippen LogP contribution in [0.1, 0.15) is 12.5 Å². The van der Waals surface area contributed by atoms with Crippen LogP contribution in [-0.4, -0.2) is 44.2 Å². The molecule has 29 heavy (non-hydrogen) atoms. The van der Waals surface area contributed by atoms with Crippen molar-refractivity contribution in [1.82, 2.24) is 10.7 Å². The maximum Gasteiger partial charge on any atom is 0.329 e. The van der Waals surface area contributed by atoms with E-state index in [0.717, 1.165) is 0 Å². The van der Waals surface area contributed by atoms with Crippen molar-refractivity contribution in [3.05, 3.63) is 54.1 Å². The van der Waals surface area contributed by atoms with E-state index in [4.69, 9.17) is 9.47 Å². The van der Waals surface area contributed by atoms with Crippen molar-refractivity contribution >= 4 is 29.6 Å². The Kier molecular flexibility index (Phi) is 8.18. The summed E-state index contributed by atoms with van der Waals surface area (Å²) >= 11 is 0. The molecule has 3 amide bonds. The number of methoxy groups -OCH3 is 1. The lowest BCUT2D eigenvalue weighted by Gasteiger charge is -2.10. The zero-order valence-corrected chi connectivity index (χ0v) is 16.1. The van der Waals surface area contributed by atoms with E-state index in [9.17, 15) is 14.4 Å². The Bertz CT molecular complexity index is 898. The Balaban J connectivity index is 1.92. The predicted molar refractivity (Wildman–Crippen MR) is 108 cm³/mol. The molecule has 0 aromatic heterocycles. The van der Waals surface area contributed by atoms with Crippen molar-refractivity contribution in [2.24, 2.45) is 5.10 Å². The standard InChI is InChI=1S/C20H22N4O5/c1-3-21-19(26)20(27)24-22-12-14-7-4-5-10-17(14)29-13-18(25)23-15-8-6-9-16(11-15)28-2/h4-12H,3,13H2,1-2H3,(H,21,26)(H,23,25)(H,24,27)/b22-12-. The average molecular weight is 398 g/mol. The Morgan fingerprint density at radius 1 is 1.07 bits per heavy atom. The molecule has 2 rings (SSSR count). The molecule has 9 heteroatoms. The van der Waals surface area contributed by atoms with Crippen LogP contribution in [0.4, 0.5) is 5.69 Å². The van der Waals surface area contributed by atoms with Crippen molar-refractivity contribution in [3.63, 3.8) is 0 Å². The number of hydrazone groups is 1. The number of para-hydroxylation sites is 1. The summed E-state index contributed by atoms with van der Waals surface area (Å²) in [5.41, 5.74) is 3.23. The number of amides is 3. The molecule has 2 aromatic carbocycles. The SMILES string of the molecule is CCNC(=O)C(=O)N/N=C\c1ccccc1OCC(=O)Nc1cccc(OC)c1. The highest BCUT2D eigenvalue weighted by atomic mass is 16.5. The molecule has 0 aliphatic rings. The molecule has 0 saturated heterocycles. The second-order valence-corrected chi connectivity index (χ2v) is 5.67. The van der Waals surface area contributed by atoms with Gasteiger partial charge in [0.15, 0.2) is 6.61 Å². The van der Waals surface area contributed by atoms with E-state index in [1.807, 2.05) is 0 Å². The fourth-order valence-corrected chi connectivity index (χ4v) is 2.21. The largest absolute Gasteiger partial charge is 0.497 e. The van der Waals surface area contributed by atoms with Gasteiger partial charge in [0.05, 0.1) is 13.3 Å². The van der Waals surface area contributed by atoms with E-state index < -0.39 is 11.8 Å². The van der Waals surface area contributed by atoms with Crippen LogP contribution in [0.2, 0.25) is 0 Å². The molecule has 9 nitrogen and oxygen atoms in total. The van der Waals surface area contributed by atoms with E-state index in [1.54, 1.807) is 62.6 Å². The molecule has 2 aromatic rings. The third kappa shape index (κ3) is 6.98. The topological polar surface area (TPSA) is 118 Å². The summed E-state index contributed by atoms with van der Waals surface area (Å²) in [4.78, 5) is 35.0. The van der Waals surface area contributed by atoms with Gasteiger partial charge in [0.1, 0.15) is 11.5 Å². The van der Waals surface area contributed by atoms with Crippen molar-refractivity contribution < 1.29 is 23.9 Å². The summed E-state index contributed by atoms with van der Waals surface area (Å²) < 4.78 is 10.7. The molecule has 0 spiro atoms. The number of hydrogen-bond donors (Lipinski definition) is 3. The van der Waals surface area contributed by atoms with E-state index in [1.165, 1.54) is 6.21 Å². The minimum absolute atomic E-state index is 0.229. The predicted octanol–water partition coefficient (Wildman–Crippen LogP) is 1.30. The van der Waals surface area contributed by atoms with Crippen LogP contribution in [-0.2, 0) is 14.4 Å². The number of anilines is 1. The lowest BCUT2D eigenvalue weighted by atomic mass is 10.2. The minimum atomic E-state index is -0.876. The van der Waals surface area contributed by atoms with Gasteiger partial charge in [0, 0.05) is 23.9 Å². The third-order valence-electron chi connectivity index (χ3n) is 3.54. The average Bonchev–Trinajstić information content (AvgIpc) is 2.73. The van der Waals surface area contributed by atoms with Crippen LogP contribution < -0.4 is 25.5 Å². The number of nitrogens with one attached hydrogen (secondary N) is 3. The molecular weight excluding hydrogens is 376 g/mol. The van der Waals surface area contributed by atoms with Gasteiger partial charge in [0.25, 0.3) is 5.91 Å². The fourth-order valence-electron chi connectivity index (χ4n) is 2.21. The van der Waals surface area contributed by atoms with Crippen LogP contribution >= 0.6 is 0 Å². The molecule has 3 N–H and O–H groups in total. The Labute approximate surface area is 168 Å². The quantitative estimate of drug-likeness (QED) is 0.352.